The predicted octanol–water partition coefficient (Wildman–Crippen LogP) is 5.36. The third-order valence-electron chi connectivity index (χ3n) is 4.54. The summed E-state index contributed by atoms with van der Waals surface area (Å²) >= 11 is 0. The van der Waals surface area contributed by atoms with Gasteiger partial charge in [0.05, 0.1) is 19.4 Å². The van der Waals surface area contributed by atoms with E-state index in [2.05, 4.69) is 10.5 Å². The number of carbonyl (C=O) groups is 1. The molecule has 0 atom stereocenters. The average Bonchev–Trinajstić information content (AvgIpc) is 2.83. The summed E-state index contributed by atoms with van der Waals surface area (Å²) in [4.78, 5) is 12.3. The molecule has 7 heteroatoms. The van der Waals surface area contributed by atoms with Gasteiger partial charge in [-0.3, -0.25) is 4.79 Å². The second kappa shape index (κ2) is 12.2. The molecule has 0 heterocycles. The quantitative estimate of drug-likeness (QED) is 0.316. The molecule has 172 valence electrons. The summed E-state index contributed by atoms with van der Waals surface area (Å²) in [6, 6.07) is 18.4. The first-order valence-electron chi connectivity index (χ1n) is 10.8. The molecule has 0 bridgehead atoms. The van der Waals surface area contributed by atoms with E-state index in [1.165, 1.54) is 18.3 Å². The maximum absolute atomic E-state index is 13.1. The number of nitrogens with zero attached hydrogens (tertiary/aromatic N) is 1. The Labute approximate surface area is 193 Å². The molecule has 0 aliphatic carbocycles. The molecule has 1 N–H and O–H groups in total. The number of nitrogens with one attached hydrogen (secondary N) is 1. The van der Waals surface area contributed by atoms with Crippen LogP contribution in [0.15, 0.2) is 71.8 Å². The molecule has 33 heavy (non-hydrogen) atoms. The van der Waals surface area contributed by atoms with Gasteiger partial charge in [0.2, 0.25) is 0 Å². The summed E-state index contributed by atoms with van der Waals surface area (Å²) in [6.07, 6.45) is 2.45. The van der Waals surface area contributed by atoms with Gasteiger partial charge in [0.1, 0.15) is 18.2 Å². The molecule has 0 saturated heterocycles. The second-order valence-electron chi connectivity index (χ2n) is 7.13. The lowest BCUT2D eigenvalue weighted by molar-refractivity contribution is 0.0955. The normalized spacial score (nSPS) is 10.8. The van der Waals surface area contributed by atoms with Crippen molar-refractivity contribution in [3.05, 3.63) is 89.2 Å². The number of amides is 1. The van der Waals surface area contributed by atoms with Gasteiger partial charge in [-0.2, -0.15) is 5.10 Å². The maximum Gasteiger partial charge on any atom is 0.271 e. The summed E-state index contributed by atoms with van der Waals surface area (Å²) in [5.41, 5.74) is 4.57. The zero-order valence-corrected chi connectivity index (χ0v) is 18.7. The fourth-order valence-corrected chi connectivity index (χ4v) is 2.89. The standard InChI is InChI=1S/C26H27FN2O4/c1-3-15-32-23-12-8-21(9-13-23)26(30)29-28-17-20-7-14-24(25(16-20)31-4-2)33-18-19-5-10-22(27)11-6-19/h5-14,16-17H,3-4,15,18H2,1-2H3,(H,29,30)/b28-17-. The Balaban J connectivity index is 1.59. The highest BCUT2D eigenvalue weighted by Crippen LogP contribution is 2.29. The number of benzene rings is 3. The van der Waals surface area contributed by atoms with Crippen molar-refractivity contribution in [2.45, 2.75) is 26.9 Å². The molecule has 3 aromatic rings. The highest BCUT2D eigenvalue weighted by Gasteiger charge is 2.08. The van der Waals surface area contributed by atoms with Crippen molar-refractivity contribution in [1.29, 1.82) is 0 Å². The molecule has 0 aromatic heterocycles. The van der Waals surface area contributed by atoms with Crippen LogP contribution in [0.25, 0.3) is 0 Å². The van der Waals surface area contributed by atoms with E-state index in [1.54, 1.807) is 54.6 Å². The van der Waals surface area contributed by atoms with Crippen molar-refractivity contribution >= 4 is 12.1 Å². The van der Waals surface area contributed by atoms with Gasteiger partial charge < -0.3 is 14.2 Å². The van der Waals surface area contributed by atoms with Crippen LogP contribution in [0.2, 0.25) is 0 Å². The van der Waals surface area contributed by atoms with Crippen LogP contribution in [-0.2, 0) is 6.61 Å². The third kappa shape index (κ3) is 7.35. The average molecular weight is 451 g/mol. The smallest absolute Gasteiger partial charge is 0.271 e. The van der Waals surface area contributed by atoms with E-state index in [1.807, 2.05) is 13.8 Å². The lowest BCUT2D eigenvalue weighted by atomic mass is 10.2. The van der Waals surface area contributed by atoms with Gasteiger partial charge in [0, 0.05) is 5.56 Å². The first-order valence-corrected chi connectivity index (χ1v) is 10.8. The monoisotopic (exact) mass is 450 g/mol. The minimum Gasteiger partial charge on any atom is -0.494 e. The predicted molar refractivity (Wildman–Crippen MR) is 126 cm³/mol. The molecule has 3 aromatic carbocycles. The molecule has 0 radical (unpaired) electrons. The molecule has 0 aliphatic rings. The lowest BCUT2D eigenvalue weighted by Gasteiger charge is -2.12. The van der Waals surface area contributed by atoms with Crippen LogP contribution < -0.4 is 19.6 Å². The number of hydrogen-bond acceptors (Lipinski definition) is 5. The van der Waals surface area contributed by atoms with Crippen molar-refractivity contribution in [1.82, 2.24) is 5.43 Å². The number of ether oxygens (including phenoxy) is 3. The minimum absolute atomic E-state index is 0.284. The van der Waals surface area contributed by atoms with E-state index in [9.17, 15) is 9.18 Å². The minimum atomic E-state index is -0.322. The fourth-order valence-electron chi connectivity index (χ4n) is 2.89. The van der Waals surface area contributed by atoms with Crippen molar-refractivity contribution in [3.63, 3.8) is 0 Å². The third-order valence-corrected chi connectivity index (χ3v) is 4.54. The second-order valence-corrected chi connectivity index (χ2v) is 7.13. The SMILES string of the molecule is CCCOc1ccc(C(=O)N/N=C\c2ccc(OCc3ccc(F)cc3)c(OCC)c2)cc1. The molecule has 0 unspecified atom stereocenters. The number of halogens is 1. The van der Waals surface area contributed by atoms with Crippen LogP contribution in [0.1, 0.15) is 41.8 Å². The highest BCUT2D eigenvalue weighted by molar-refractivity contribution is 5.95. The van der Waals surface area contributed by atoms with Crippen LogP contribution in [0, 0.1) is 5.82 Å². The van der Waals surface area contributed by atoms with Gasteiger partial charge in [-0.05, 0) is 79.1 Å². The topological polar surface area (TPSA) is 69.2 Å². The van der Waals surface area contributed by atoms with Crippen molar-refractivity contribution in [2.24, 2.45) is 5.10 Å². The number of rotatable bonds is 11. The van der Waals surface area contributed by atoms with Crippen LogP contribution >= 0.6 is 0 Å². The summed E-state index contributed by atoms with van der Waals surface area (Å²) in [5, 5.41) is 4.03. The summed E-state index contributed by atoms with van der Waals surface area (Å²) < 4.78 is 30.1. The summed E-state index contributed by atoms with van der Waals surface area (Å²) in [5.74, 6) is 1.23. The molecule has 0 saturated carbocycles. The van der Waals surface area contributed by atoms with Crippen LogP contribution in [0.5, 0.6) is 17.2 Å². The lowest BCUT2D eigenvalue weighted by Crippen LogP contribution is -2.17. The Bertz CT molecular complexity index is 1070. The van der Waals surface area contributed by atoms with Crippen molar-refractivity contribution < 1.29 is 23.4 Å². The van der Waals surface area contributed by atoms with Gasteiger partial charge in [-0.25, -0.2) is 9.82 Å². The summed E-state index contributed by atoms with van der Waals surface area (Å²) in [6.45, 7) is 5.29. The molecule has 0 fully saturated rings. The Morgan fingerprint density at radius 3 is 2.39 bits per heavy atom. The van der Waals surface area contributed by atoms with Crippen molar-refractivity contribution in [2.75, 3.05) is 13.2 Å². The number of carbonyl (C=O) groups excluding carboxylic acids is 1. The summed E-state index contributed by atoms with van der Waals surface area (Å²) in [7, 11) is 0. The van der Waals surface area contributed by atoms with Crippen molar-refractivity contribution in [3.8, 4) is 17.2 Å². The van der Waals surface area contributed by atoms with E-state index >= 15 is 0 Å². The Morgan fingerprint density at radius 2 is 1.70 bits per heavy atom. The fraction of sp³-hybridized carbons (Fsp3) is 0.231. The van der Waals surface area contributed by atoms with E-state index in [0.717, 1.165) is 23.3 Å². The Hall–Kier alpha value is -3.87. The van der Waals surface area contributed by atoms with Gasteiger partial charge in [-0.15, -0.1) is 0 Å². The highest BCUT2D eigenvalue weighted by atomic mass is 19.1. The molecule has 6 nitrogen and oxygen atoms in total. The van der Waals surface area contributed by atoms with E-state index in [0.29, 0.717) is 30.3 Å². The number of hydrazone groups is 1. The van der Waals surface area contributed by atoms with Gasteiger partial charge in [0.25, 0.3) is 5.91 Å². The molecular weight excluding hydrogens is 423 g/mol. The largest absolute Gasteiger partial charge is 0.494 e. The zero-order chi connectivity index (χ0) is 23.5. The van der Waals surface area contributed by atoms with E-state index in [4.69, 9.17) is 14.2 Å². The molecule has 0 aliphatic heterocycles. The Morgan fingerprint density at radius 1 is 0.939 bits per heavy atom. The Kier molecular flexibility index (Phi) is 8.82. The van der Waals surface area contributed by atoms with E-state index < -0.39 is 0 Å². The van der Waals surface area contributed by atoms with Gasteiger partial charge in [-0.1, -0.05) is 19.1 Å². The van der Waals surface area contributed by atoms with Gasteiger partial charge >= 0.3 is 0 Å². The van der Waals surface area contributed by atoms with Gasteiger partial charge in [0.15, 0.2) is 11.5 Å². The maximum atomic E-state index is 13.1. The molecule has 1 amide bonds. The molecule has 3 rings (SSSR count). The first-order chi connectivity index (χ1) is 16.1. The zero-order valence-electron chi connectivity index (χ0n) is 18.7. The first kappa shape index (κ1) is 23.8. The number of hydrogen-bond donors (Lipinski definition) is 1. The molecular formula is C26H27FN2O4. The van der Waals surface area contributed by atoms with Crippen LogP contribution in [0.4, 0.5) is 4.39 Å². The molecule has 0 spiro atoms. The van der Waals surface area contributed by atoms with Crippen LogP contribution in [0.3, 0.4) is 0 Å². The van der Waals surface area contributed by atoms with E-state index in [-0.39, 0.29) is 18.3 Å². The van der Waals surface area contributed by atoms with Crippen LogP contribution in [-0.4, -0.2) is 25.3 Å².